The monoisotopic (exact) mass is 331 g/mol. The molecule has 1 aliphatic rings. The largest absolute Gasteiger partial charge is 0.496 e. The molecule has 1 N–H and O–H groups in total. The van der Waals surface area contributed by atoms with Crippen molar-refractivity contribution in [3.8, 4) is 5.75 Å². The van der Waals surface area contributed by atoms with Gasteiger partial charge in [0.05, 0.1) is 38.9 Å². The standard InChI is InChI=1S/C18H22N2O2S/c1-14-3-4-17(22-2)16(11-14)18(21)20-8-6-19(7-9-20)12-15-5-10-23-13-15/h3-5,10-11,13H,6-9,12H2,1-2H3/p+1. The van der Waals surface area contributed by atoms with Crippen molar-refractivity contribution in [1.82, 2.24) is 4.90 Å². The molecule has 5 heteroatoms. The third-order valence-electron chi connectivity index (χ3n) is 4.38. The SMILES string of the molecule is COc1ccc(C)cc1C(=O)N1CC[NH+](Cc2ccsc2)CC1. The van der Waals surface area contributed by atoms with Gasteiger partial charge in [-0.2, -0.15) is 11.3 Å². The zero-order chi connectivity index (χ0) is 16.2. The zero-order valence-electron chi connectivity index (χ0n) is 13.7. The second-order valence-electron chi connectivity index (χ2n) is 6.05. The summed E-state index contributed by atoms with van der Waals surface area (Å²) in [5.74, 6) is 0.744. The summed E-state index contributed by atoms with van der Waals surface area (Å²) in [4.78, 5) is 16.3. The molecule has 1 amide bonds. The number of rotatable bonds is 4. The number of benzene rings is 1. The van der Waals surface area contributed by atoms with E-state index in [0.717, 1.165) is 38.3 Å². The van der Waals surface area contributed by atoms with Gasteiger partial charge in [-0.05, 0) is 35.9 Å². The zero-order valence-corrected chi connectivity index (χ0v) is 14.5. The lowest BCUT2D eigenvalue weighted by atomic mass is 10.1. The molecule has 0 aliphatic carbocycles. The summed E-state index contributed by atoms with van der Waals surface area (Å²) in [5.41, 5.74) is 3.15. The summed E-state index contributed by atoms with van der Waals surface area (Å²) in [6.45, 7) is 6.65. The Labute approximate surface area is 141 Å². The number of carbonyl (C=O) groups excluding carboxylic acids is 1. The van der Waals surface area contributed by atoms with Crippen LogP contribution in [0.1, 0.15) is 21.5 Å². The number of aryl methyl sites for hydroxylation is 1. The van der Waals surface area contributed by atoms with E-state index < -0.39 is 0 Å². The fraction of sp³-hybridized carbons (Fsp3) is 0.389. The molecule has 0 saturated carbocycles. The maximum Gasteiger partial charge on any atom is 0.258 e. The lowest BCUT2D eigenvalue weighted by Crippen LogP contribution is -3.13. The number of nitrogens with zero attached hydrogens (tertiary/aromatic N) is 1. The third-order valence-corrected chi connectivity index (χ3v) is 5.11. The summed E-state index contributed by atoms with van der Waals surface area (Å²) < 4.78 is 5.35. The van der Waals surface area contributed by atoms with Gasteiger partial charge in [0, 0.05) is 5.56 Å². The van der Waals surface area contributed by atoms with Gasteiger partial charge in [0.2, 0.25) is 0 Å². The summed E-state index contributed by atoms with van der Waals surface area (Å²) >= 11 is 1.74. The molecule has 122 valence electrons. The van der Waals surface area contributed by atoms with Crippen molar-refractivity contribution in [2.45, 2.75) is 13.5 Å². The molecule has 1 saturated heterocycles. The van der Waals surface area contributed by atoms with Crippen LogP contribution in [0.3, 0.4) is 0 Å². The Morgan fingerprint density at radius 2 is 2.09 bits per heavy atom. The minimum absolute atomic E-state index is 0.0835. The molecular formula is C18H23N2O2S+. The number of hydrogen-bond acceptors (Lipinski definition) is 3. The molecule has 0 bridgehead atoms. The van der Waals surface area contributed by atoms with Gasteiger partial charge in [-0.25, -0.2) is 0 Å². The van der Waals surface area contributed by atoms with E-state index in [1.54, 1.807) is 23.3 Å². The topological polar surface area (TPSA) is 34.0 Å². The van der Waals surface area contributed by atoms with Crippen LogP contribution in [0, 0.1) is 6.92 Å². The number of piperazine rings is 1. The summed E-state index contributed by atoms with van der Waals surface area (Å²) in [6.07, 6.45) is 0. The van der Waals surface area contributed by atoms with Crippen molar-refractivity contribution < 1.29 is 14.4 Å². The van der Waals surface area contributed by atoms with Crippen LogP contribution < -0.4 is 9.64 Å². The van der Waals surface area contributed by atoms with Crippen LogP contribution in [0.2, 0.25) is 0 Å². The predicted octanol–water partition coefficient (Wildman–Crippen LogP) is 1.61. The molecule has 2 aromatic rings. The van der Waals surface area contributed by atoms with Crippen molar-refractivity contribution in [3.05, 3.63) is 51.7 Å². The number of amides is 1. The Balaban J connectivity index is 1.63. The van der Waals surface area contributed by atoms with Crippen molar-refractivity contribution in [3.63, 3.8) is 0 Å². The first-order chi connectivity index (χ1) is 11.2. The molecule has 4 nitrogen and oxygen atoms in total. The van der Waals surface area contributed by atoms with Gasteiger partial charge in [0.25, 0.3) is 5.91 Å². The first-order valence-electron chi connectivity index (χ1n) is 7.96. The van der Waals surface area contributed by atoms with Crippen LogP contribution in [0.4, 0.5) is 0 Å². The van der Waals surface area contributed by atoms with Gasteiger partial charge in [-0.3, -0.25) is 4.79 Å². The minimum atomic E-state index is 0.0835. The third kappa shape index (κ3) is 3.74. The molecule has 1 aliphatic heterocycles. The fourth-order valence-electron chi connectivity index (χ4n) is 3.04. The quantitative estimate of drug-likeness (QED) is 0.923. The Hall–Kier alpha value is -1.85. The molecule has 1 aromatic heterocycles. The lowest BCUT2D eigenvalue weighted by Gasteiger charge is -2.32. The first-order valence-corrected chi connectivity index (χ1v) is 8.90. The van der Waals surface area contributed by atoms with E-state index in [9.17, 15) is 4.79 Å². The number of methoxy groups -OCH3 is 1. The summed E-state index contributed by atoms with van der Waals surface area (Å²) in [5, 5.41) is 4.33. The van der Waals surface area contributed by atoms with Crippen molar-refractivity contribution >= 4 is 17.2 Å². The number of nitrogens with one attached hydrogen (secondary N) is 1. The van der Waals surface area contributed by atoms with E-state index in [-0.39, 0.29) is 5.91 Å². The van der Waals surface area contributed by atoms with Gasteiger partial charge in [-0.1, -0.05) is 11.6 Å². The highest BCUT2D eigenvalue weighted by atomic mass is 32.1. The molecule has 1 fully saturated rings. The van der Waals surface area contributed by atoms with E-state index >= 15 is 0 Å². The molecule has 0 atom stereocenters. The minimum Gasteiger partial charge on any atom is -0.496 e. The predicted molar refractivity (Wildman–Crippen MR) is 92.4 cm³/mol. The Morgan fingerprint density at radius 1 is 1.30 bits per heavy atom. The van der Waals surface area contributed by atoms with Crippen LogP contribution in [0.15, 0.2) is 35.0 Å². The van der Waals surface area contributed by atoms with E-state index in [1.807, 2.05) is 30.0 Å². The molecule has 3 rings (SSSR count). The van der Waals surface area contributed by atoms with E-state index in [0.29, 0.717) is 11.3 Å². The average molecular weight is 331 g/mol. The van der Waals surface area contributed by atoms with Crippen LogP contribution in [0.5, 0.6) is 5.75 Å². The molecule has 0 unspecified atom stereocenters. The number of ether oxygens (including phenoxy) is 1. The van der Waals surface area contributed by atoms with E-state index in [2.05, 4.69) is 16.8 Å². The molecule has 0 radical (unpaired) electrons. The fourth-order valence-corrected chi connectivity index (χ4v) is 3.71. The second kappa shape index (κ2) is 7.15. The van der Waals surface area contributed by atoms with E-state index in [1.165, 1.54) is 5.56 Å². The molecule has 23 heavy (non-hydrogen) atoms. The maximum atomic E-state index is 12.8. The van der Waals surface area contributed by atoms with Gasteiger partial charge in [0.15, 0.2) is 0 Å². The Bertz CT molecular complexity index is 662. The van der Waals surface area contributed by atoms with Crippen molar-refractivity contribution in [2.24, 2.45) is 0 Å². The number of hydrogen-bond donors (Lipinski definition) is 1. The highest BCUT2D eigenvalue weighted by Crippen LogP contribution is 2.21. The summed E-state index contributed by atoms with van der Waals surface area (Å²) in [6, 6.07) is 7.96. The average Bonchev–Trinajstić information content (AvgIpc) is 3.08. The van der Waals surface area contributed by atoms with Gasteiger partial charge < -0.3 is 14.5 Å². The number of quaternary nitrogens is 1. The van der Waals surface area contributed by atoms with Crippen LogP contribution in [-0.2, 0) is 6.54 Å². The smallest absolute Gasteiger partial charge is 0.258 e. The number of carbonyl (C=O) groups is 1. The van der Waals surface area contributed by atoms with Crippen LogP contribution >= 0.6 is 11.3 Å². The van der Waals surface area contributed by atoms with Gasteiger partial charge in [0.1, 0.15) is 12.3 Å². The van der Waals surface area contributed by atoms with Gasteiger partial charge in [-0.15, -0.1) is 0 Å². The highest BCUT2D eigenvalue weighted by molar-refractivity contribution is 7.07. The van der Waals surface area contributed by atoms with Crippen molar-refractivity contribution in [1.29, 1.82) is 0 Å². The maximum absolute atomic E-state index is 12.8. The second-order valence-corrected chi connectivity index (χ2v) is 6.83. The molecule has 1 aromatic carbocycles. The van der Waals surface area contributed by atoms with Gasteiger partial charge >= 0.3 is 0 Å². The van der Waals surface area contributed by atoms with Crippen LogP contribution in [-0.4, -0.2) is 44.1 Å². The summed E-state index contributed by atoms with van der Waals surface area (Å²) in [7, 11) is 1.62. The number of thiophene rings is 1. The Kier molecular flexibility index (Phi) is 4.98. The first kappa shape index (κ1) is 16.0. The lowest BCUT2D eigenvalue weighted by molar-refractivity contribution is -0.917. The normalized spacial score (nSPS) is 15.7. The van der Waals surface area contributed by atoms with E-state index in [4.69, 9.17) is 4.74 Å². The Morgan fingerprint density at radius 3 is 2.74 bits per heavy atom. The molecule has 2 heterocycles. The van der Waals surface area contributed by atoms with Crippen LogP contribution in [0.25, 0.3) is 0 Å². The molecular weight excluding hydrogens is 308 g/mol. The van der Waals surface area contributed by atoms with Crippen molar-refractivity contribution in [2.75, 3.05) is 33.3 Å². The highest BCUT2D eigenvalue weighted by Gasteiger charge is 2.26. The molecule has 0 spiro atoms.